The number of carbonyl (C=O) groups excluding carboxylic acids is 1. The Morgan fingerprint density at radius 3 is 2.80 bits per heavy atom. The van der Waals surface area contributed by atoms with Gasteiger partial charge in [-0.15, -0.1) is 11.3 Å². The van der Waals surface area contributed by atoms with E-state index in [1.165, 1.54) is 4.88 Å². The van der Waals surface area contributed by atoms with Gasteiger partial charge in [-0.1, -0.05) is 30.3 Å². The molecule has 1 heterocycles. The number of aryl methyl sites for hydroxylation is 1. The molecule has 0 aliphatic heterocycles. The molecule has 20 heavy (non-hydrogen) atoms. The SMILES string of the molecule is Cc1ncsc1CCNCC(=O)NCc1ccccc1. The van der Waals surface area contributed by atoms with Crippen molar-refractivity contribution in [1.29, 1.82) is 0 Å². The van der Waals surface area contributed by atoms with Gasteiger partial charge in [0.25, 0.3) is 0 Å². The summed E-state index contributed by atoms with van der Waals surface area (Å²) in [4.78, 5) is 17.1. The number of nitrogens with one attached hydrogen (secondary N) is 2. The molecule has 0 saturated carbocycles. The smallest absolute Gasteiger partial charge is 0.234 e. The Morgan fingerprint density at radius 1 is 1.30 bits per heavy atom. The van der Waals surface area contributed by atoms with Crippen LogP contribution in [-0.4, -0.2) is 24.0 Å². The molecule has 2 aromatic rings. The lowest BCUT2D eigenvalue weighted by Crippen LogP contribution is -2.34. The Balaban J connectivity index is 1.60. The monoisotopic (exact) mass is 289 g/mol. The zero-order valence-electron chi connectivity index (χ0n) is 11.6. The highest BCUT2D eigenvalue weighted by atomic mass is 32.1. The first-order chi connectivity index (χ1) is 9.75. The molecule has 0 bridgehead atoms. The number of amides is 1. The summed E-state index contributed by atoms with van der Waals surface area (Å²) in [5, 5.41) is 6.05. The van der Waals surface area contributed by atoms with Crippen LogP contribution in [0.1, 0.15) is 16.1 Å². The molecule has 1 amide bonds. The lowest BCUT2D eigenvalue weighted by molar-refractivity contribution is -0.120. The van der Waals surface area contributed by atoms with Crippen molar-refractivity contribution in [3.8, 4) is 0 Å². The normalized spacial score (nSPS) is 10.4. The third-order valence-corrected chi connectivity index (χ3v) is 3.99. The number of hydrogen-bond acceptors (Lipinski definition) is 4. The Morgan fingerprint density at radius 2 is 2.10 bits per heavy atom. The molecular formula is C15H19N3OS. The lowest BCUT2D eigenvalue weighted by Gasteiger charge is -2.06. The predicted octanol–water partition coefficient (Wildman–Crippen LogP) is 1.90. The molecule has 0 radical (unpaired) electrons. The van der Waals surface area contributed by atoms with E-state index in [-0.39, 0.29) is 5.91 Å². The number of hydrogen-bond donors (Lipinski definition) is 2. The average Bonchev–Trinajstić information content (AvgIpc) is 2.88. The first kappa shape index (κ1) is 14.7. The molecule has 0 atom stereocenters. The van der Waals surface area contributed by atoms with E-state index in [1.807, 2.05) is 42.8 Å². The van der Waals surface area contributed by atoms with E-state index >= 15 is 0 Å². The van der Waals surface area contributed by atoms with Crippen molar-refractivity contribution >= 4 is 17.2 Å². The third-order valence-electron chi connectivity index (χ3n) is 2.99. The molecule has 0 unspecified atom stereocenters. The van der Waals surface area contributed by atoms with Crippen LogP contribution >= 0.6 is 11.3 Å². The van der Waals surface area contributed by atoms with Crippen LogP contribution in [0.2, 0.25) is 0 Å². The van der Waals surface area contributed by atoms with Gasteiger partial charge in [0.1, 0.15) is 0 Å². The molecular weight excluding hydrogens is 270 g/mol. The highest BCUT2D eigenvalue weighted by Crippen LogP contribution is 2.11. The average molecular weight is 289 g/mol. The second-order valence-electron chi connectivity index (χ2n) is 4.55. The van der Waals surface area contributed by atoms with Crippen LogP contribution in [0.3, 0.4) is 0 Å². The molecule has 5 heteroatoms. The van der Waals surface area contributed by atoms with Gasteiger partial charge in [-0.3, -0.25) is 4.79 Å². The molecule has 0 aliphatic carbocycles. The van der Waals surface area contributed by atoms with Gasteiger partial charge in [0.2, 0.25) is 5.91 Å². The van der Waals surface area contributed by atoms with Crippen molar-refractivity contribution in [2.24, 2.45) is 0 Å². The molecule has 0 aliphatic rings. The summed E-state index contributed by atoms with van der Waals surface area (Å²) in [7, 11) is 0. The van der Waals surface area contributed by atoms with Gasteiger partial charge < -0.3 is 10.6 Å². The Kier molecular flexibility index (Phi) is 5.70. The second-order valence-corrected chi connectivity index (χ2v) is 5.49. The number of benzene rings is 1. The number of rotatable bonds is 7. The van der Waals surface area contributed by atoms with E-state index in [0.29, 0.717) is 13.1 Å². The number of aromatic nitrogens is 1. The highest BCUT2D eigenvalue weighted by Gasteiger charge is 2.03. The maximum Gasteiger partial charge on any atom is 0.234 e. The van der Waals surface area contributed by atoms with Gasteiger partial charge in [0, 0.05) is 18.0 Å². The zero-order valence-corrected chi connectivity index (χ0v) is 12.4. The number of carbonyl (C=O) groups is 1. The van der Waals surface area contributed by atoms with Crippen molar-refractivity contribution in [2.45, 2.75) is 19.9 Å². The molecule has 0 saturated heterocycles. The van der Waals surface area contributed by atoms with Crippen LogP contribution in [0, 0.1) is 6.92 Å². The van der Waals surface area contributed by atoms with Crippen molar-refractivity contribution in [2.75, 3.05) is 13.1 Å². The largest absolute Gasteiger partial charge is 0.351 e. The molecule has 0 fully saturated rings. The molecule has 1 aromatic heterocycles. The van der Waals surface area contributed by atoms with Crippen LogP contribution in [0.4, 0.5) is 0 Å². The van der Waals surface area contributed by atoms with Crippen LogP contribution < -0.4 is 10.6 Å². The van der Waals surface area contributed by atoms with Crippen molar-refractivity contribution in [3.63, 3.8) is 0 Å². The summed E-state index contributed by atoms with van der Waals surface area (Å²) >= 11 is 1.66. The first-order valence-electron chi connectivity index (χ1n) is 6.66. The molecule has 2 N–H and O–H groups in total. The van der Waals surface area contributed by atoms with E-state index < -0.39 is 0 Å². The third kappa shape index (κ3) is 4.75. The van der Waals surface area contributed by atoms with Crippen LogP contribution in [0.5, 0.6) is 0 Å². The maximum atomic E-state index is 11.7. The van der Waals surface area contributed by atoms with E-state index in [9.17, 15) is 4.79 Å². The first-order valence-corrected chi connectivity index (χ1v) is 7.54. The topological polar surface area (TPSA) is 54.0 Å². The van der Waals surface area contributed by atoms with E-state index in [4.69, 9.17) is 0 Å². The van der Waals surface area contributed by atoms with Gasteiger partial charge in [-0.25, -0.2) is 4.98 Å². The number of nitrogens with zero attached hydrogens (tertiary/aromatic N) is 1. The predicted molar refractivity (Wildman–Crippen MR) is 81.7 cm³/mol. The summed E-state index contributed by atoms with van der Waals surface area (Å²) in [6, 6.07) is 9.91. The van der Waals surface area contributed by atoms with Gasteiger partial charge in [-0.05, 0) is 18.9 Å². The van der Waals surface area contributed by atoms with Crippen LogP contribution in [0.15, 0.2) is 35.8 Å². The molecule has 106 valence electrons. The minimum Gasteiger partial charge on any atom is -0.351 e. The molecule has 1 aromatic carbocycles. The summed E-state index contributed by atoms with van der Waals surface area (Å²) in [5.41, 5.74) is 4.06. The minimum absolute atomic E-state index is 0.0230. The summed E-state index contributed by atoms with van der Waals surface area (Å²) in [6.45, 7) is 3.74. The Bertz CT molecular complexity index is 539. The molecule has 2 rings (SSSR count). The lowest BCUT2D eigenvalue weighted by atomic mass is 10.2. The van der Waals surface area contributed by atoms with Crippen molar-refractivity contribution in [3.05, 3.63) is 52.0 Å². The van der Waals surface area contributed by atoms with Gasteiger partial charge >= 0.3 is 0 Å². The molecule has 0 spiro atoms. The maximum absolute atomic E-state index is 11.7. The fourth-order valence-electron chi connectivity index (χ4n) is 1.83. The molecule has 4 nitrogen and oxygen atoms in total. The fourth-order valence-corrected chi connectivity index (χ4v) is 2.61. The van der Waals surface area contributed by atoms with Gasteiger partial charge in [0.15, 0.2) is 0 Å². The van der Waals surface area contributed by atoms with Crippen molar-refractivity contribution < 1.29 is 4.79 Å². The fraction of sp³-hybridized carbons (Fsp3) is 0.333. The van der Waals surface area contributed by atoms with E-state index in [2.05, 4.69) is 15.6 Å². The quantitative estimate of drug-likeness (QED) is 0.766. The zero-order chi connectivity index (χ0) is 14.2. The minimum atomic E-state index is 0.0230. The summed E-state index contributed by atoms with van der Waals surface area (Å²) < 4.78 is 0. The van der Waals surface area contributed by atoms with Crippen LogP contribution in [-0.2, 0) is 17.8 Å². The van der Waals surface area contributed by atoms with E-state index in [0.717, 1.165) is 24.2 Å². The number of thiazole rings is 1. The van der Waals surface area contributed by atoms with Gasteiger partial charge in [-0.2, -0.15) is 0 Å². The van der Waals surface area contributed by atoms with Crippen LogP contribution in [0.25, 0.3) is 0 Å². The second kappa shape index (κ2) is 7.77. The Labute approximate surface area is 123 Å². The summed E-state index contributed by atoms with van der Waals surface area (Å²) in [5.74, 6) is 0.0230. The Hall–Kier alpha value is -1.72. The summed E-state index contributed by atoms with van der Waals surface area (Å²) in [6.07, 6.45) is 0.919. The van der Waals surface area contributed by atoms with Gasteiger partial charge in [0.05, 0.1) is 17.7 Å². The van der Waals surface area contributed by atoms with Crippen molar-refractivity contribution in [1.82, 2.24) is 15.6 Å². The highest BCUT2D eigenvalue weighted by molar-refractivity contribution is 7.09. The van der Waals surface area contributed by atoms with E-state index in [1.54, 1.807) is 11.3 Å². The standard InChI is InChI=1S/C15H19N3OS/c1-12-14(20-11-18-12)7-8-16-10-15(19)17-9-13-5-3-2-4-6-13/h2-6,11,16H,7-10H2,1H3,(H,17,19).